The number of rotatable bonds is 2. The quantitative estimate of drug-likeness (QED) is 0.890. The predicted octanol–water partition coefficient (Wildman–Crippen LogP) is 3.00. The average molecular weight is 282 g/mol. The number of hydrogen-bond acceptors (Lipinski definition) is 3. The van der Waals surface area contributed by atoms with Crippen molar-refractivity contribution in [2.24, 2.45) is 5.92 Å². The highest BCUT2D eigenvalue weighted by Crippen LogP contribution is 2.47. The molecule has 1 aromatic carbocycles. The fourth-order valence-electron chi connectivity index (χ4n) is 3.99. The van der Waals surface area contributed by atoms with E-state index in [1.54, 1.807) is 12.3 Å². The summed E-state index contributed by atoms with van der Waals surface area (Å²) in [5.41, 5.74) is 0.775. The van der Waals surface area contributed by atoms with Crippen LogP contribution in [0.4, 0.5) is 0 Å². The first-order chi connectivity index (χ1) is 10.2. The largest absolute Gasteiger partial charge is 0.505 e. The summed E-state index contributed by atoms with van der Waals surface area (Å²) in [6, 6.07) is 7.21. The molecule has 2 N–H and O–H groups in total. The molecule has 1 aromatic heterocycles. The molecular formula is C17H18N2O2. The lowest BCUT2D eigenvalue weighted by Crippen LogP contribution is -2.45. The Labute approximate surface area is 123 Å². The van der Waals surface area contributed by atoms with Crippen molar-refractivity contribution < 1.29 is 9.90 Å². The zero-order valence-corrected chi connectivity index (χ0v) is 11.8. The van der Waals surface area contributed by atoms with Crippen LogP contribution in [0.1, 0.15) is 42.5 Å². The maximum atomic E-state index is 12.5. The summed E-state index contributed by atoms with van der Waals surface area (Å²) >= 11 is 0. The van der Waals surface area contributed by atoms with Gasteiger partial charge in [0.2, 0.25) is 0 Å². The van der Waals surface area contributed by atoms with E-state index in [1.807, 2.05) is 18.2 Å². The van der Waals surface area contributed by atoms with E-state index < -0.39 is 0 Å². The molecule has 1 heterocycles. The third kappa shape index (κ3) is 1.97. The molecule has 0 saturated heterocycles. The van der Waals surface area contributed by atoms with Crippen LogP contribution in [0.25, 0.3) is 10.9 Å². The Bertz CT molecular complexity index is 718. The lowest BCUT2D eigenvalue weighted by Gasteiger charge is -2.28. The Balaban J connectivity index is 1.67. The number of hydrogen-bond donors (Lipinski definition) is 2. The van der Waals surface area contributed by atoms with Crippen LogP contribution in [0.2, 0.25) is 0 Å². The van der Waals surface area contributed by atoms with E-state index in [-0.39, 0.29) is 17.2 Å². The van der Waals surface area contributed by atoms with Gasteiger partial charge in [0.1, 0.15) is 5.52 Å². The van der Waals surface area contributed by atoms with E-state index >= 15 is 0 Å². The van der Waals surface area contributed by atoms with Gasteiger partial charge in [-0.3, -0.25) is 9.78 Å². The van der Waals surface area contributed by atoms with E-state index in [0.29, 0.717) is 11.1 Å². The number of nitrogens with zero attached hydrogens (tertiary/aromatic N) is 1. The topological polar surface area (TPSA) is 62.2 Å². The third-order valence-corrected chi connectivity index (χ3v) is 5.11. The van der Waals surface area contributed by atoms with Gasteiger partial charge in [0.25, 0.3) is 5.91 Å². The molecule has 1 amide bonds. The number of carbonyl (C=O) groups is 1. The molecule has 0 aliphatic heterocycles. The van der Waals surface area contributed by atoms with Gasteiger partial charge in [0.05, 0.1) is 5.56 Å². The van der Waals surface area contributed by atoms with Crippen LogP contribution in [-0.2, 0) is 0 Å². The summed E-state index contributed by atoms with van der Waals surface area (Å²) in [6.45, 7) is 0. The molecule has 4 nitrogen and oxygen atoms in total. The maximum Gasteiger partial charge on any atom is 0.255 e. The van der Waals surface area contributed by atoms with Crippen molar-refractivity contribution in [1.82, 2.24) is 10.3 Å². The Morgan fingerprint density at radius 3 is 2.81 bits per heavy atom. The smallest absolute Gasteiger partial charge is 0.255 e. The van der Waals surface area contributed by atoms with Crippen LogP contribution in [0.15, 0.2) is 30.5 Å². The molecule has 0 spiro atoms. The highest BCUT2D eigenvalue weighted by atomic mass is 16.3. The Kier molecular flexibility index (Phi) is 2.67. The van der Waals surface area contributed by atoms with E-state index in [1.165, 1.54) is 12.8 Å². The van der Waals surface area contributed by atoms with Crippen molar-refractivity contribution in [2.75, 3.05) is 0 Å². The van der Waals surface area contributed by atoms with Gasteiger partial charge in [0.15, 0.2) is 5.75 Å². The van der Waals surface area contributed by atoms with Gasteiger partial charge in [-0.15, -0.1) is 0 Å². The van der Waals surface area contributed by atoms with Gasteiger partial charge < -0.3 is 10.4 Å². The standard InChI is InChI=1S/C17H18N2O2/c20-15-13(4-3-12-2-1-9-18-14(12)15)16(21)19-17-7-5-11(10-17)6-8-17/h1-4,9,11,20H,5-8,10H2,(H,19,21). The number of pyridine rings is 1. The van der Waals surface area contributed by atoms with Gasteiger partial charge in [0, 0.05) is 17.1 Å². The summed E-state index contributed by atoms with van der Waals surface area (Å²) in [6.07, 6.45) is 7.27. The highest BCUT2D eigenvalue weighted by molar-refractivity contribution is 6.02. The lowest BCUT2D eigenvalue weighted by atomic mass is 9.93. The van der Waals surface area contributed by atoms with Crippen LogP contribution >= 0.6 is 0 Å². The summed E-state index contributed by atoms with van der Waals surface area (Å²) < 4.78 is 0. The second-order valence-electron chi connectivity index (χ2n) is 6.42. The molecule has 0 unspecified atom stereocenters. The van der Waals surface area contributed by atoms with Gasteiger partial charge in [-0.25, -0.2) is 0 Å². The van der Waals surface area contributed by atoms with Gasteiger partial charge in [-0.05, 0) is 50.2 Å². The molecule has 4 heteroatoms. The second-order valence-corrected chi connectivity index (χ2v) is 6.42. The molecule has 2 aromatic rings. The van der Waals surface area contributed by atoms with Crippen molar-refractivity contribution in [3.05, 3.63) is 36.0 Å². The number of amides is 1. The van der Waals surface area contributed by atoms with Crippen molar-refractivity contribution in [1.29, 1.82) is 0 Å². The molecule has 2 bridgehead atoms. The summed E-state index contributed by atoms with van der Waals surface area (Å²) in [7, 11) is 0. The van der Waals surface area contributed by atoms with E-state index in [0.717, 1.165) is 30.6 Å². The monoisotopic (exact) mass is 282 g/mol. The minimum atomic E-state index is -0.178. The molecule has 108 valence electrons. The number of fused-ring (bicyclic) bond motifs is 3. The molecule has 2 aliphatic carbocycles. The number of phenolic OH excluding ortho intramolecular Hbond substituents is 1. The first-order valence-corrected chi connectivity index (χ1v) is 7.56. The predicted molar refractivity (Wildman–Crippen MR) is 80.2 cm³/mol. The minimum Gasteiger partial charge on any atom is -0.505 e. The zero-order valence-electron chi connectivity index (χ0n) is 11.8. The summed E-state index contributed by atoms with van der Waals surface area (Å²) in [5, 5.41) is 14.4. The first kappa shape index (κ1) is 12.6. The maximum absolute atomic E-state index is 12.5. The first-order valence-electron chi connectivity index (χ1n) is 7.56. The Morgan fingerprint density at radius 1 is 1.29 bits per heavy atom. The molecule has 21 heavy (non-hydrogen) atoms. The van der Waals surface area contributed by atoms with E-state index in [4.69, 9.17) is 0 Å². The minimum absolute atomic E-state index is 0.0189. The molecule has 2 saturated carbocycles. The molecular weight excluding hydrogens is 264 g/mol. The Hall–Kier alpha value is -2.10. The van der Waals surface area contributed by atoms with Crippen LogP contribution in [0.3, 0.4) is 0 Å². The van der Waals surface area contributed by atoms with Gasteiger partial charge >= 0.3 is 0 Å². The summed E-state index contributed by atoms with van der Waals surface area (Å²) in [4.78, 5) is 16.7. The number of carbonyl (C=O) groups excluding carboxylic acids is 1. The average Bonchev–Trinajstić information content (AvgIpc) is 3.08. The normalized spacial score (nSPS) is 27.1. The molecule has 2 aliphatic rings. The van der Waals surface area contributed by atoms with Crippen molar-refractivity contribution in [3.63, 3.8) is 0 Å². The van der Waals surface area contributed by atoms with Gasteiger partial charge in [-0.1, -0.05) is 12.1 Å². The van der Waals surface area contributed by atoms with Crippen molar-refractivity contribution >= 4 is 16.8 Å². The fraction of sp³-hybridized carbons (Fsp3) is 0.412. The molecule has 2 fully saturated rings. The van der Waals surface area contributed by atoms with Crippen LogP contribution < -0.4 is 5.32 Å². The van der Waals surface area contributed by atoms with Crippen LogP contribution in [-0.4, -0.2) is 21.5 Å². The van der Waals surface area contributed by atoms with Crippen LogP contribution in [0, 0.1) is 5.92 Å². The second kappa shape index (κ2) is 4.45. The van der Waals surface area contributed by atoms with Gasteiger partial charge in [-0.2, -0.15) is 0 Å². The SMILES string of the molecule is O=C(NC12CCC(CC1)C2)c1ccc2cccnc2c1O. The summed E-state index contributed by atoms with van der Waals surface area (Å²) in [5.74, 6) is 0.578. The van der Waals surface area contributed by atoms with Crippen LogP contribution in [0.5, 0.6) is 5.75 Å². The number of nitrogens with one attached hydrogen (secondary N) is 1. The van der Waals surface area contributed by atoms with Crippen molar-refractivity contribution in [3.8, 4) is 5.75 Å². The lowest BCUT2D eigenvalue weighted by molar-refractivity contribution is 0.0898. The van der Waals surface area contributed by atoms with Crippen molar-refractivity contribution in [2.45, 2.75) is 37.6 Å². The molecule has 0 radical (unpaired) electrons. The molecule has 0 atom stereocenters. The number of aromatic hydroxyl groups is 1. The van der Waals surface area contributed by atoms with E-state index in [2.05, 4.69) is 10.3 Å². The number of phenols is 1. The van der Waals surface area contributed by atoms with E-state index in [9.17, 15) is 9.90 Å². The number of benzene rings is 1. The number of aromatic nitrogens is 1. The fourth-order valence-corrected chi connectivity index (χ4v) is 3.99. The Morgan fingerprint density at radius 2 is 2.10 bits per heavy atom. The molecule has 4 rings (SSSR count). The highest BCUT2D eigenvalue weighted by Gasteiger charge is 2.45. The third-order valence-electron chi connectivity index (χ3n) is 5.11. The zero-order chi connectivity index (χ0) is 14.4.